The summed E-state index contributed by atoms with van der Waals surface area (Å²) in [5, 5.41) is 2.05. The van der Waals surface area contributed by atoms with Crippen molar-refractivity contribution in [1.82, 2.24) is 9.88 Å². The van der Waals surface area contributed by atoms with Crippen LogP contribution in [0, 0.1) is 5.82 Å². The molecule has 2 aromatic rings. The van der Waals surface area contributed by atoms with Crippen molar-refractivity contribution in [3.63, 3.8) is 0 Å². The smallest absolute Gasteiger partial charge is 0.262 e. The largest absolute Gasteiger partial charge is 0.384 e. The predicted molar refractivity (Wildman–Crippen MR) is 85.0 cm³/mol. The minimum atomic E-state index is -0.777. The number of carbonyl (C=O) groups excluding carboxylic acids is 2. The lowest BCUT2D eigenvalue weighted by Gasteiger charge is -2.16. The molecule has 1 aliphatic rings. The second-order valence-electron chi connectivity index (χ2n) is 5.29. The number of methoxy groups -OCH3 is 2. The molecule has 0 saturated heterocycles. The van der Waals surface area contributed by atoms with Gasteiger partial charge in [0.2, 0.25) is 0 Å². The maximum atomic E-state index is 14.6. The van der Waals surface area contributed by atoms with Crippen LogP contribution >= 0.6 is 0 Å². The van der Waals surface area contributed by atoms with Crippen LogP contribution in [0.25, 0.3) is 5.69 Å². The van der Waals surface area contributed by atoms with E-state index in [-0.39, 0.29) is 22.6 Å². The first-order valence-corrected chi connectivity index (χ1v) is 7.15. The van der Waals surface area contributed by atoms with Gasteiger partial charge in [-0.1, -0.05) is 6.07 Å². The fraction of sp³-hybridized carbons (Fsp3) is 0.188. The number of ether oxygens (including phenoxy) is 2. The van der Waals surface area contributed by atoms with Crippen molar-refractivity contribution in [2.45, 2.75) is 6.29 Å². The van der Waals surface area contributed by atoms with Gasteiger partial charge in [-0.05, 0) is 12.1 Å². The number of nitrogens with one attached hydrogen (secondary N) is 1. The van der Waals surface area contributed by atoms with Crippen LogP contribution in [0.15, 0.2) is 29.1 Å². The molecule has 2 amide bonds. The standard InChI is InChI=1S/C16H14FN3O5/c1-24-16(25-2)7-3-4-10(9(17)5-7)20-11(21)6-8-12(13(20)18)15(23)19-14(8)22/h3-6,16H,18H2,1-2H3,(H,19,22,23). The number of hydrogen-bond acceptors (Lipinski definition) is 6. The van der Waals surface area contributed by atoms with E-state index >= 15 is 0 Å². The van der Waals surface area contributed by atoms with Crippen LogP contribution in [0.5, 0.6) is 0 Å². The Bertz CT molecular complexity index is 950. The fourth-order valence-electron chi connectivity index (χ4n) is 2.75. The van der Waals surface area contributed by atoms with Gasteiger partial charge in [0.25, 0.3) is 17.4 Å². The second-order valence-corrected chi connectivity index (χ2v) is 5.29. The Hall–Kier alpha value is -3.04. The average Bonchev–Trinajstić information content (AvgIpc) is 2.84. The van der Waals surface area contributed by atoms with Crippen LogP contribution in [0.2, 0.25) is 0 Å². The number of halogens is 1. The number of pyridine rings is 1. The van der Waals surface area contributed by atoms with Crippen LogP contribution in [-0.4, -0.2) is 30.6 Å². The van der Waals surface area contributed by atoms with Crippen LogP contribution in [0.1, 0.15) is 32.6 Å². The highest BCUT2D eigenvalue weighted by atomic mass is 19.1. The summed E-state index contributed by atoms with van der Waals surface area (Å²) in [6.07, 6.45) is -0.777. The maximum Gasteiger partial charge on any atom is 0.262 e. The zero-order valence-electron chi connectivity index (χ0n) is 13.3. The summed E-state index contributed by atoms with van der Waals surface area (Å²) >= 11 is 0. The highest BCUT2D eigenvalue weighted by molar-refractivity contribution is 6.23. The number of imide groups is 1. The molecule has 9 heteroatoms. The first-order valence-electron chi connectivity index (χ1n) is 7.15. The number of nitrogen functional groups attached to an aromatic ring is 1. The second kappa shape index (κ2) is 6.11. The molecule has 0 bridgehead atoms. The molecule has 1 aromatic carbocycles. The van der Waals surface area contributed by atoms with E-state index in [0.717, 1.165) is 16.7 Å². The van der Waals surface area contributed by atoms with Crippen molar-refractivity contribution >= 4 is 17.6 Å². The Kier molecular flexibility index (Phi) is 4.11. The van der Waals surface area contributed by atoms with Gasteiger partial charge < -0.3 is 15.2 Å². The molecule has 0 aliphatic carbocycles. The summed E-state index contributed by atoms with van der Waals surface area (Å²) in [6.45, 7) is 0. The number of hydrogen-bond donors (Lipinski definition) is 2. The lowest BCUT2D eigenvalue weighted by molar-refractivity contribution is -0.106. The molecule has 0 saturated carbocycles. The highest BCUT2D eigenvalue weighted by Gasteiger charge is 2.32. The van der Waals surface area contributed by atoms with Crippen LogP contribution in [0.4, 0.5) is 10.2 Å². The first kappa shape index (κ1) is 16.8. The summed E-state index contributed by atoms with van der Waals surface area (Å²) in [4.78, 5) is 35.8. The number of carbonyl (C=O) groups is 2. The van der Waals surface area contributed by atoms with E-state index in [4.69, 9.17) is 15.2 Å². The Morgan fingerprint density at radius 2 is 1.80 bits per heavy atom. The number of nitrogens with zero attached hydrogens (tertiary/aromatic N) is 1. The first-order chi connectivity index (χ1) is 11.9. The van der Waals surface area contributed by atoms with Crippen molar-refractivity contribution in [3.05, 3.63) is 57.1 Å². The summed E-state index contributed by atoms with van der Waals surface area (Å²) < 4.78 is 25.5. The Balaban J connectivity index is 2.19. The summed E-state index contributed by atoms with van der Waals surface area (Å²) in [5.74, 6) is -2.53. The van der Waals surface area contributed by atoms with Gasteiger partial charge in [-0.2, -0.15) is 0 Å². The van der Waals surface area contributed by atoms with Crippen molar-refractivity contribution < 1.29 is 23.5 Å². The summed E-state index contributed by atoms with van der Waals surface area (Å²) in [7, 11) is 2.80. The monoisotopic (exact) mass is 347 g/mol. The minimum Gasteiger partial charge on any atom is -0.384 e. The van der Waals surface area contributed by atoms with Crippen molar-refractivity contribution in [3.8, 4) is 5.69 Å². The normalized spacial score (nSPS) is 13.3. The average molecular weight is 347 g/mol. The molecule has 0 unspecified atom stereocenters. The Labute approximate surface area is 141 Å². The number of rotatable bonds is 4. The summed E-state index contributed by atoms with van der Waals surface area (Å²) in [6, 6.07) is 4.90. The molecular weight excluding hydrogens is 333 g/mol. The van der Waals surface area contributed by atoms with Gasteiger partial charge >= 0.3 is 0 Å². The number of benzene rings is 1. The molecular formula is C16H14FN3O5. The lowest BCUT2D eigenvalue weighted by Crippen LogP contribution is -2.25. The van der Waals surface area contributed by atoms with E-state index in [9.17, 15) is 18.8 Å². The minimum absolute atomic E-state index is 0.125. The van der Waals surface area contributed by atoms with Crippen LogP contribution < -0.4 is 16.6 Å². The van der Waals surface area contributed by atoms with Crippen LogP contribution in [0.3, 0.4) is 0 Å². The van der Waals surface area contributed by atoms with E-state index in [0.29, 0.717) is 5.56 Å². The quantitative estimate of drug-likeness (QED) is 0.623. The molecule has 0 fully saturated rings. The SMILES string of the molecule is COC(OC)c1ccc(-n2c(N)c3c(cc2=O)C(=O)NC3=O)c(F)c1. The molecule has 3 rings (SSSR count). The van der Waals surface area contributed by atoms with Gasteiger partial charge in [-0.3, -0.25) is 24.3 Å². The molecule has 8 nitrogen and oxygen atoms in total. The van der Waals surface area contributed by atoms with E-state index in [1.165, 1.54) is 26.4 Å². The van der Waals surface area contributed by atoms with Gasteiger partial charge in [-0.15, -0.1) is 0 Å². The van der Waals surface area contributed by atoms with Gasteiger partial charge in [0.05, 0.1) is 16.8 Å². The maximum absolute atomic E-state index is 14.6. The highest BCUT2D eigenvalue weighted by Crippen LogP contribution is 2.26. The molecule has 130 valence electrons. The third kappa shape index (κ3) is 2.59. The fourth-order valence-corrected chi connectivity index (χ4v) is 2.75. The third-order valence-electron chi connectivity index (χ3n) is 3.87. The molecule has 25 heavy (non-hydrogen) atoms. The number of amides is 2. The van der Waals surface area contributed by atoms with Crippen molar-refractivity contribution in [1.29, 1.82) is 0 Å². The molecule has 3 N–H and O–H groups in total. The molecule has 0 atom stereocenters. The number of fused-ring (bicyclic) bond motifs is 1. The van der Waals surface area contributed by atoms with E-state index in [1.807, 2.05) is 5.32 Å². The molecule has 1 aliphatic heterocycles. The van der Waals surface area contributed by atoms with Crippen LogP contribution in [-0.2, 0) is 9.47 Å². The van der Waals surface area contributed by atoms with Crippen molar-refractivity contribution in [2.75, 3.05) is 20.0 Å². The molecule has 1 aromatic heterocycles. The predicted octanol–water partition coefficient (Wildman–Crippen LogP) is 0.734. The van der Waals surface area contributed by atoms with E-state index < -0.39 is 29.5 Å². The molecule has 0 radical (unpaired) electrons. The van der Waals surface area contributed by atoms with Gasteiger partial charge in [-0.25, -0.2) is 4.39 Å². The third-order valence-corrected chi connectivity index (χ3v) is 3.87. The molecule has 2 heterocycles. The lowest BCUT2D eigenvalue weighted by atomic mass is 10.1. The number of aromatic nitrogens is 1. The number of anilines is 1. The van der Waals surface area contributed by atoms with Crippen molar-refractivity contribution in [2.24, 2.45) is 0 Å². The summed E-state index contributed by atoms with van der Waals surface area (Å²) in [5.41, 5.74) is 5.10. The van der Waals surface area contributed by atoms with Gasteiger partial charge in [0.1, 0.15) is 11.6 Å². The zero-order chi connectivity index (χ0) is 18.3. The molecule has 0 spiro atoms. The zero-order valence-corrected chi connectivity index (χ0v) is 13.3. The van der Waals surface area contributed by atoms with Gasteiger partial charge in [0.15, 0.2) is 6.29 Å². The Morgan fingerprint density at radius 3 is 2.40 bits per heavy atom. The number of nitrogens with two attached hydrogens (primary N) is 1. The van der Waals surface area contributed by atoms with E-state index in [2.05, 4.69) is 0 Å². The van der Waals surface area contributed by atoms with Gasteiger partial charge in [0, 0.05) is 25.8 Å². The Morgan fingerprint density at radius 1 is 1.12 bits per heavy atom. The topological polar surface area (TPSA) is 113 Å². The van der Waals surface area contributed by atoms with E-state index in [1.54, 1.807) is 0 Å².